The molecule has 0 saturated carbocycles. The minimum absolute atomic E-state index is 0.110. The highest BCUT2D eigenvalue weighted by Gasteiger charge is 2.09. The van der Waals surface area contributed by atoms with Gasteiger partial charge in [0.15, 0.2) is 0 Å². The molecule has 96 valence electrons. The van der Waals surface area contributed by atoms with E-state index in [0.29, 0.717) is 12.5 Å². The summed E-state index contributed by atoms with van der Waals surface area (Å²) in [6.07, 6.45) is 4.27. The van der Waals surface area contributed by atoms with E-state index in [0.717, 1.165) is 12.1 Å². The smallest absolute Gasteiger partial charge is 0.232 e. The average Bonchev–Trinajstić information content (AvgIpc) is 2.28. The molecule has 0 amide bonds. The standard InChI is InChI=1S/C12H21N3O2/c1-9(2)17-12-7-14-6-10(15-12)5-11(13-3)8-16-4/h6-7,9,11,13H,5,8H2,1-4H3. The molecule has 0 aliphatic rings. The Kier molecular flexibility index (Phi) is 5.86. The number of ether oxygens (including phenoxy) is 2. The van der Waals surface area contributed by atoms with Crippen molar-refractivity contribution in [1.29, 1.82) is 0 Å². The van der Waals surface area contributed by atoms with Gasteiger partial charge in [0, 0.05) is 25.8 Å². The lowest BCUT2D eigenvalue weighted by molar-refractivity contribution is 0.168. The largest absolute Gasteiger partial charge is 0.474 e. The number of aromatic nitrogens is 2. The second kappa shape index (κ2) is 7.19. The second-order valence-electron chi connectivity index (χ2n) is 4.16. The maximum absolute atomic E-state index is 5.50. The fourth-order valence-electron chi connectivity index (χ4n) is 1.48. The number of likely N-dealkylation sites (N-methyl/N-ethyl adjacent to an activating group) is 1. The summed E-state index contributed by atoms with van der Waals surface area (Å²) in [6.45, 7) is 4.58. The van der Waals surface area contributed by atoms with Gasteiger partial charge in [0.25, 0.3) is 0 Å². The molecule has 0 saturated heterocycles. The van der Waals surface area contributed by atoms with Gasteiger partial charge in [0.2, 0.25) is 5.88 Å². The number of methoxy groups -OCH3 is 1. The number of nitrogens with zero attached hydrogens (tertiary/aromatic N) is 2. The molecule has 1 N–H and O–H groups in total. The molecular formula is C12H21N3O2. The van der Waals surface area contributed by atoms with Gasteiger partial charge in [-0.2, -0.15) is 0 Å². The van der Waals surface area contributed by atoms with Crippen molar-refractivity contribution in [3.05, 3.63) is 18.1 Å². The van der Waals surface area contributed by atoms with Crippen molar-refractivity contribution in [1.82, 2.24) is 15.3 Å². The predicted octanol–water partition coefficient (Wildman–Crippen LogP) is 1.04. The third-order valence-electron chi connectivity index (χ3n) is 2.25. The Bertz CT molecular complexity index is 331. The fourth-order valence-corrected chi connectivity index (χ4v) is 1.48. The normalized spacial score (nSPS) is 12.8. The van der Waals surface area contributed by atoms with E-state index in [-0.39, 0.29) is 12.1 Å². The number of rotatable bonds is 7. The third-order valence-corrected chi connectivity index (χ3v) is 2.25. The van der Waals surface area contributed by atoms with Crippen LogP contribution in [0.15, 0.2) is 12.4 Å². The Hall–Kier alpha value is -1.20. The lowest BCUT2D eigenvalue weighted by atomic mass is 10.2. The van der Waals surface area contributed by atoms with Gasteiger partial charge >= 0.3 is 0 Å². The molecule has 1 unspecified atom stereocenters. The molecule has 5 heteroatoms. The number of nitrogens with one attached hydrogen (secondary N) is 1. The minimum Gasteiger partial charge on any atom is -0.474 e. The summed E-state index contributed by atoms with van der Waals surface area (Å²) >= 11 is 0. The molecule has 5 nitrogen and oxygen atoms in total. The molecule has 0 fully saturated rings. The van der Waals surface area contributed by atoms with E-state index in [2.05, 4.69) is 15.3 Å². The van der Waals surface area contributed by atoms with Crippen LogP contribution in [-0.4, -0.2) is 42.9 Å². The van der Waals surface area contributed by atoms with Gasteiger partial charge in [0.1, 0.15) is 0 Å². The SMILES string of the molecule is CNC(COC)Cc1cncc(OC(C)C)n1. The molecule has 1 aromatic rings. The Morgan fingerprint density at radius 3 is 2.71 bits per heavy atom. The third kappa shape index (κ3) is 5.10. The van der Waals surface area contributed by atoms with Crippen LogP contribution in [-0.2, 0) is 11.2 Å². The molecule has 1 aromatic heterocycles. The molecule has 0 aromatic carbocycles. The molecule has 0 spiro atoms. The summed E-state index contributed by atoms with van der Waals surface area (Å²) in [5.41, 5.74) is 0.902. The van der Waals surface area contributed by atoms with Gasteiger partial charge in [-0.05, 0) is 20.9 Å². The van der Waals surface area contributed by atoms with E-state index < -0.39 is 0 Å². The topological polar surface area (TPSA) is 56.3 Å². The van der Waals surface area contributed by atoms with E-state index in [4.69, 9.17) is 9.47 Å². The van der Waals surface area contributed by atoms with Crippen molar-refractivity contribution in [2.45, 2.75) is 32.4 Å². The van der Waals surface area contributed by atoms with Gasteiger partial charge in [-0.15, -0.1) is 0 Å². The Labute approximate surface area is 103 Å². The van der Waals surface area contributed by atoms with E-state index in [9.17, 15) is 0 Å². The molecule has 17 heavy (non-hydrogen) atoms. The van der Waals surface area contributed by atoms with Crippen LogP contribution in [0, 0.1) is 0 Å². The summed E-state index contributed by atoms with van der Waals surface area (Å²) in [6, 6.07) is 0.239. The van der Waals surface area contributed by atoms with E-state index in [1.165, 1.54) is 0 Å². The van der Waals surface area contributed by atoms with Crippen LogP contribution in [0.4, 0.5) is 0 Å². The van der Waals surface area contributed by atoms with Crippen LogP contribution in [0.5, 0.6) is 5.88 Å². The van der Waals surface area contributed by atoms with Crippen molar-refractivity contribution >= 4 is 0 Å². The van der Waals surface area contributed by atoms with E-state index >= 15 is 0 Å². The first-order valence-corrected chi connectivity index (χ1v) is 5.79. The average molecular weight is 239 g/mol. The first kappa shape index (κ1) is 13.9. The first-order chi connectivity index (χ1) is 8.15. The highest BCUT2D eigenvalue weighted by Crippen LogP contribution is 2.09. The van der Waals surface area contributed by atoms with E-state index in [1.807, 2.05) is 20.9 Å². The summed E-state index contributed by atoms with van der Waals surface area (Å²) < 4.78 is 10.6. The lowest BCUT2D eigenvalue weighted by Gasteiger charge is -2.15. The zero-order chi connectivity index (χ0) is 12.7. The Morgan fingerprint density at radius 2 is 2.12 bits per heavy atom. The van der Waals surface area contributed by atoms with Crippen LogP contribution in [0.25, 0.3) is 0 Å². The minimum atomic E-state index is 0.110. The lowest BCUT2D eigenvalue weighted by Crippen LogP contribution is -2.32. The number of hydrogen-bond acceptors (Lipinski definition) is 5. The fraction of sp³-hybridized carbons (Fsp3) is 0.667. The maximum Gasteiger partial charge on any atom is 0.232 e. The van der Waals surface area contributed by atoms with Crippen LogP contribution in [0.1, 0.15) is 19.5 Å². The quantitative estimate of drug-likeness (QED) is 0.770. The van der Waals surface area contributed by atoms with Crippen molar-refractivity contribution in [3.8, 4) is 5.88 Å². The van der Waals surface area contributed by atoms with E-state index in [1.54, 1.807) is 19.5 Å². The van der Waals surface area contributed by atoms with Gasteiger partial charge in [-0.25, -0.2) is 4.98 Å². The van der Waals surface area contributed by atoms with Crippen LogP contribution in [0.2, 0.25) is 0 Å². The summed E-state index contributed by atoms with van der Waals surface area (Å²) in [4.78, 5) is 8.53. The zero-order valence-electron chi connectivity index (χ0n) is 10.9. The molecule has 0 aliphatic heterocycles. The van der Waals surface area contributed by atoms with Crippen molar-refractivity contribution in [3.63, 3.8) is 0 Å². The molecule has 0 bridgehead atoms. The van der Waals surface area contributed by atoms with Gasteiger partial charge in [-0.3, -0.25) is 4.98 Å². The van der Waals surface area contributed by atoms with Gasteiger partial charge in [0.05, 0.1) is 24.6 Å². The second-order valence-corrected chi connectivity index (χ2v) is 4.16. The highest BCUT2D eigenvalue weighted by atomic mass is 16.5. The van der Waals surface area contributed by atoms with Crippen LogP contribution < -0.4 is 10.1 Å². The molecule has 0 radical (unpaired) electrons. The molecule has 1 rings (SSSR count). The van der Waals surface area contributed by atoms with Crippen LogP contribution in [0.3, 0.4) is 0 Å². The maximum atomic E-state index is 5.50. The Morgan fingerprint density at radius 1 is 1.35 bits per heavy atom. The number of hydrogen-bond donors (Lipinski definition) is 1. The molecule has 1 heterocycles. The van der Waals surface area contributed by atoms with Gasteiger partial charge < -0.3 is 14.8 Å². The Balaban J connectivity index is 2.63. The van der Waals surface area contributed by atoms with Crippen molar-refractivity contribution in [2.75, 3.05) is 20.8 Å². The highest BCUT2D eigenvalue weighted by molar-refractivity contribution is 5.09. The predicted molar refractivity (Wildman–Crippen MR) is 66.2 cm³/mol. The molecular weight excluding hydrogens is 218 g/mol. The zero-order valence-corrected chi connectivity index (χ0v) is 10.9. The van der Waals surface area contributed by atoms with Gasteiger partial charge in [-0.1, -0.05) is 0 Å². The van der Waals surface area contributed by atoms with Crippen molar-refractivity contribution in [2.24, 2.45) is 0 Å². The molecule has 0 aliphatic carbocycles. The van der Waals surface area contributed by atoms with Crippen molar-refractivity contribution < 1.29 is 9.47 Å². The van der Waals surface area contributed by atoms with Crippen LogP contribution >= 0.6 is 0 Å². The summed E-state index contributed by atoms with van der Waals surface area (Å²) in [7, 11) is 3.60. The summed E-state index contributed by atoms with van der Waals surface area (Å²) in [5.74, 6) is 0.574. The first-order valence-electron chi connectivity index (χ1n) is 5.79. The summed E-state index contributed by atoms with van der Waals surface area (Å²) in [5, 5.41) is 3.18. The monoisotopic (exact) mass is 239 g/mol. The molecule has 1 atom stereocenters.